The van der Waals surface area contributed by atoms with Crippen LogP contribution < -0.4 is 15.5 Å². The molecule has 3 aromatic rings. The zero-order chi connectivity index (χ0) is 20.2. The molecule has 4 rings (SSSR count). The Morgan fingerprint density at radius 2 is 1.86 bits per heavy atom. The average Bonchev–Trinajstić information content (AvgIpc) is 3.24. The number of rotatable bonds is 4. The Morgan fingerprint density at radius 3 is 2.55 bits per heavy atom. The standard InChI is InChI=1S/C19H19ClN6O3/c1-12-16(20)23-17(24-18(12)26-7-10-28-11-8-26)13-2-4-14(5-3-13)21-19(27)22-15-6-9-29-25-15/h2-6,9H,7-8,10-11H2,1H3,(H2,21,22,25,27). The number of ether oxygens (including phenoxy) is 1. The maximum Gasteiger partial charge on any atom is 0.324 e. The first kappa shape index (κ1) is 19.2. The van der Waals surface area contributed by atoms with Gasteiger partial charge in [-0.15, -0.1) is 0 Å². The summed E-state index contributed by atoms with van der Waals surface area (Å²) >= 11 is 6.37. The van der Waals surface area contributed by atoms with Gasteiger partial charge in [0.15, 0.2) is 11.6 Å². The van der Waals surface area contributed by atoms with Crippen LogP contribution in [0.2, 0.25) is 5.15 Å². The molecule has 2 aromatic heterocycles. The Morgan fingerprint density at radius 1 is 1.10 bits per heavy atom. The summed E-state index contributed by atoms with van der Waals surface area (Å²) in [5.74, 6) is 1.68. The van der Waals surface area contributed by atoms with Gasteiger partial charge in [0.25, 0.3) is 0 Å². The monoisotopic (exact) mass is 414 g/mol. The lowest BCUT2D eigenvalue weighted by molar-refractivity contribution is 0.122. The van der Waals surface area contributed by atoms with Gasteiger partial charge in [0, 0.05) is 36.0 Å². The third kappa shape index (κ3) is 4.47. The van der Waals surface area contributed by atoms with E-state index in [9.17, 15) is 4.79 Å². The van der Waals surface area contributed by atoms with Gasteiger partial charge in [-0.3, -0.25) is 5.32 Å². The van der Waals surface area contributed by atoms with Crippen LogP contribution in [0.5, 0.6) is 0 Å². The molecule has 0 bridgehead atoms. The van der Waals surface area contributed by atoms with Crippen molar-refractivity contribution in [3.63, 3.8) is 0 Å². The zero-order valence-corrected chi connectivity index (χ0v) is 16.4. The molecule has 10 heteroatoms. The van der Waals surface area contributed by atoms with Crippen LogP contribution in [-0.2, 0) is 4.74 Å². The number of benzene rings is 1. The van der Waals surface area contributed by atoms with Crippen LogP contribution in [0.3, 0.4) is 0 Å². The number of hydrogen-bond donors (Lipinski definition) is 2. The molecule has 2 N–H and O–H groups in total. The predicted octanol–water partition coefficient (Wildman–Crippen LogP) is 3.57. The van der Waals surface area contributed by atoms with Crippen molar-refractivity contribution in [1.29, 1.82) is 0 Å². The topological polar surface area (TPSA) is 105 Å². The van der Waals surface area contributed by atoms with Crippen LogP contribution in [0, 0.1) is 6.92 Å². The number of nitrogens with one attached hydrogen (secondary N) is 2. The molecule has 1 saturated heterocycles. The molecule has 2 amide bonds. The molecule has 0 radical (unpaired) electrons. The summed E-state index contributed by atoms with van der Waals surface area (Å²) < 4.78 is 10.1. The van der Waals surface area contributed by atoms with E-state index in [0.29, 0.717) is 35.7 Å². The van der Waals surface area contributed by atoms with Crippen LogP contribution in [0.25, 0.3) is 11.4 Å². The minimum absolute atomic E-state index is 0.331. The van der Waals surface area contributed by atoms with Gasteiger partial charge < -0.3 is 19.5 Å². The van der Waals surface area contributed by atoms with Crippen molar-refractivity contribution in [3.05, 3.63) is 47.3 Å². The number of amides is 2. The molecule has 150 valence electrons. The number of carbonyl (C=O) groups is 1. The highest BCUT2D eigenvalue weighted by molar-refractivity contribution is 6.30. The number of halogens is 1. The van der Waals surface area contributed by atoms with E-state index in [2.05, 4.69) is 30.2 Å². The summed E-state index contributed by atoms with van der Waals surface area (Å²) in [7, 11) is 0. The Labute approximate surface area is 172 Å². The summed E-state index contributed by atoms with van der Waals surface area (Å²) in [6.07, 6.45) is 1.38. The number of urea groups is 1. The Hall–Kier alpha value is -3.17. The Balaban J connectivity index is 1.51. The second kappa shape index (κ2) is 8.46. The third-order valence-electron chi connectivity index (χ3n) is 4.45. The fourth-order valence-corrected chi connectivity index (χ4v) is 3.11. The van der Waals surface area contributed by atoms with Crippen molar-refractivity contribution in [3.8, 4) is 11.4 Å². The Kier molecular flexibility index (Phi) is 5.59. The van der Waals surface area contributed by atoms with Gasteiger partial charge >= 0.3 is 6.03 Å². The van der Waals surface area contributed by atoms with Gasteiger partial charge in [-0.2, -0.15) is 0 Å². The van der Waals surface area contributed by atoms with E-state index in [4.69, 9.17) is 21.3 Å². The van der Waals surface area contributed by atoms with Gasteiger partial charge in [-0.25, -0.2) is 14.8 Å². The summed E-state index contributed by atoms with van der Waals surface area (Å²) in [6.45, 7) is 4.76. The third-order valence-corrected chi connectivity index (χ3v) is 4.82. The summed E-state index contributed by atoms with van der Waals surface area (Å²) in [6, 6.07) is 8.32. The normalized spacial score (nSPS) is 13.9. The molecule has 0 atom stereocenters. The first-order valence-corrected chi connectivity index (χ1v) is 9.43. The molecule has 0 aliphatic carbocycles. The van der Waals surface area contributed by atoms with Gasteiger partial charge in [0.2, 0.25) is 0 Å². The van der Waals surface area contributed by atoms with E-state index in [-0.39, 0.29) is 0 Å². The average molecular weight is 415 g/mol. The molecule has 29 heavy (non-hydrogen) atoms. The van der Waals surface area contributed by atoms with Crippen molar-refractivity contribution < 1.29 is 14.1 Å². The highest BCUT2D eigenvalue weighted by Crippen LogP contribution is 2.28. The minimum Gasteiger partial charge on any atom is -0.378 e. The van der Waals surface area contributed by atoms with E-state index in [0.717, 1.165) is 30.0 Å². The summed E-state index contributed by atoms with van der Waals surface area (Å²) in [5.41, 5.74) is 2.25. The molecule has 1 fully saturated rings. The molecular weight excluding hydrogens is 396 g/mol. The quantitative estimate of drug-likeness (QED) is 0.628. The highest BCUT2D eigenvalue weighted by Gasteiger charge is 2.19. The molecule has 0 unspecified atom stereocenters. The van der Waals surface area contributed by atoms with Gasteiger partial charge in [-0.1, -0.05) is 16.8 Å². The predicted molar refractivity (Wildman–Crippen MR) is 109 cm³/mol. The second-order valence-electron chi connectivity index (χ2n) is 6.43. The second-order valence-corrected chi connectivity index (χ2v) is 6.79. The lowest BCUT2D eigenvalue weighted by atomic mass is 10.2. The molecule has 1 aliphatic rings. The molecule has 1 aromatic carbocycles. The van der Waals surface area contributed by atoms with Crippen LogP contribution in [-0.4, -0.2) is 47.5 Å². The minimum atomic E-state index is -0.420. The summed E-state index contributed by atoms with van der Waals surface area (Å²) in [4.78, 5) is 23.3. The number of anilines is 3. The van der Waals surface area contributed by atoms with E-state index >= 15 is 0 Å². The molecule has 0 spiro atoms. The van der Waals surface area contributed by atoms with Crippen molar-refractivity contribution >= 4 is 35.0 Å². The molecule has 1 aliphatic heterocycles. The maximum atomic E-state index is 12.0. The van der Waals surface area contributed by atoms with Crippen molar-refractivity contribution in [2.45, 2.75) is 6.92 Å². The molecule has 0 saturated carbocycles. The fourth-order valence-electron chi connectivity index (χ4n) is 2.95. The Bertz CT molecular complexity index is 988. The molecule has 9 nitrogen and oxygen atoms in total. The van der Waals surface area contributed by atoms with E-state index in [1.807, 2.05) is 19.1 Å². The van der Waals surface area contributed by atoms with Crippen molar-refractivity contribution in [1.82, 2.24) is 15.1 Å². The summed E-state index contributed by atoms with van der Waals surface area (Å²) in [5, 5.41) is 9.33. The number of nitrogens with zero attached hydrogens (tertiary/aromatic N) is 4. The first-order chi connectivity index (χ1) is 14.1. The largest absolute Gasteiger partial charge is 0.378 e. The maximum absolute atomic E-state index is 12.0. The number of carbonyl (C=O) groups excluding carboxylic acids is 1. The van der Waals surface area contributed by atoms with Crippen LogP contribution in [0.4, 0.5) is 22.1 Å². The number of hydrogen-bond acceptors (Lipinski definition) is 7. The van der Waals surface area contributed by atoms with Crippen LogP contribution in [0.1, 0.15) is 5.56 Å². The van der Waals surface area contributed by atoms with Crippen LogP contribution in [0.15, 0.2) is 41.1 Å². The number of morpholine rings is 1. The van der Waals surface area contributed by atoms with E-state index in [1.54, 1.807) is 18.2 Å². The van der Waals surface area contributed by atoms with Gasteiger partial charge in [-0.05, 0) is 31.2 Å². The van der Waals surface area contributed by atoms with Crippen molar-refractivity contribution in [2.24, 2.45) is 0 Å². The molecule has 3 heterocycles. The lowest BCUT2D eigenvalue weighted by Crippen LogP contribution is -2.37. The van der Waals surface area contributed by atoms with Gasteiger partial charge in [0.1, 0.15) is 17.2 Å². The smallest absolute Gasteiger partial charge is 0.324 e. The lowest BCUT2D eigenvalue weighted by Gasteiger charge is -2.29. The fraction of sp³-hybridized carbons (Fsp3) is 0.263. The van der Waals surface area contributed by atoms with Crippen molar-refractivity contribution in [2.75, 3.05) is 41.8 Å². The zero-order valence-electron chi connectivity index (χ0n) is 15.7. The van der Waals surface area contributed by atoms with Gasteiger partial charge in [0.05, 0.1) is 13.2 Å². The molecular formula is C19H19ClN6O3. The van der Waals surface area contributed by atoms with E-state index in [1.165, 1.54) is 6.26 Å². The highest BCUT2D eigenvalue weighted by atomic mass is 35.5. The SMILES string of the molecule is Cc1c(Cl)nc(-c2ccc(NC(=O)Nc3ccon3)cc2)nc1N1CCOCC1. The van der Waals surface area contributed by atoms with Crippen LogP contribution >= 0.6 is 11.6 Å². The first-order valence-electron chi connectivity index (χ1n) is 9.06. The number of aromatic nitrogens is 3. The van der Waals surface area contributed by atoms with E-state index < -0.39 is 6.03 Å².